The van der Waals surface area contributed by atoms with E-state index in [0.717, 1.165) is 16.8 Å². The van der Waals surface area contributed by atoms with Crippen molar-refractivity contribution < 1.29 is 9.53 Å². The van der Waals surface area contributed by atoms with Crippen molar-refractivity contribution >= 4 is 17.1 Å². The number of aromatic nitrogens is 5. The summed E-state index contributed by atoms with van der Waals surface area (Å²) >= 11 is 0. The fraction of sp³-hybridized carbons (Fsp3) is 0.353. The Balaban J connectivity index is 2.11. The van der Waals surface area contributed by atoms with Crippen LogP contribution in [0.25, 0.3) is 16.9 Å². The van der Waals surface area contributed by atoms with Crippen molar-refractivity contribution in [1.82, 2.24) is 24.5 Å². The van der Waals surface area contributed by atoms with E-state index in [2.05, 4.69) is 15.3 Å². The highest BCUT2D eigenvalue weighted by atomic mass is 16.5. The summed E-state index contributed by atoms with van der Waals surface area (Å²) < 4.78 is 7.69. The maximum atomic E-state index is 12.7. The van der Waals surface area contributed by atoms with Gasteiger partial charge < -0.3 is 4.74 Å². The lowest BCUT2D eigenvalue weighted by atomic mass is 10.1. The van der Waals surface area contributed by atoms with Crippen LogP contribution in [-0.2, 0) is 9.53 Å². The summed E-state index contributed by atoms with van der Waals surface area (Å²) in [6.45, 7) is 7.51. The first-order chi connectivity index (χ1) is 11.9. The number of ether oxygens (including phenoxy) is 1. The van der Waals surface area contributed by atoms with Crippen LogP contribution in [0.3, 0.4) is 0 Å². The van der Waals surface area contributed by atoms with Crippen molar-refractivity contribution in [3.05, 3.63) is 46.0 Å². The molecule has 0 spiro atoms. The highest BCUT2D eigenvalue weighted by molar-refractivity contribution is 5.75. The molecule has 0 aliphatic carbocycles. The Kier molecular flexibility index (Phi) is 4.35. The summed E-state index contributed by atoms with van der Waals surface area (Å²) in [5.41, 5.74) is 2.95. The number of carbonyl (C=O) groups excluding carboxylic acids is 1. The number of esters is 1. The van der Waals surface area contributed by atoms with Gasteiger partial charge in [-0.05, 0) is 51.0 Å². The average molecular weight is 341 g/mol. The van der Waals surface area contributed by atoms with Crippen molar-refractivity contribution in [2.75, 3.05) is 6.61 Å². The minimum atomic E-state index is -0.782. The summed E-state index contributed by atoms with van der Waals surface area (Å²) in [4.78, 5) is 28.8. The van der Waals surface area contributed by atoms with Gasteiger partial charge in [-0.15, -0.1) is 5.10 Å². The lowest BCUT2D eigenvalue weighted by Crippen LogP contribution is -2.29. The van der Waals surface area contributed by atoms with E-state index in [1.54, 1.807) is 13.8 Å². The zero-order valence-electron chi connectivity index (χ0n) is 14.6. The van der Waals surface area contributed by atoms with Gasteiger partial charge in [0, 0.05) is 0 Å². The molecule has 25 heavy (non-hydrogen) atoms. The van der Waals surface area contributed by atoms with Crippen molar-refractivity contribution in [3.63, 3.8) is 0 Å². The molecule has 0 aliphatic rings. The van der Waals surface area contributed by atoms with Crippen LogP contribution in [-0.4, -0.2) is 37.1 Å². The molecule has 1 aromatic carbocycles. The zero-order chi connectivity index (χ0) is 18.1. The predicted molar refractivity (Wildman–Crippen MR) is 91.7 cm³/mol. The van der Waals surface area contributed by atoms with E-state index < -0.39 is 17.6 Å². The average Bonchev–Trinajstić information content (AvgIpc) is 2.99. The largest absolute Gasteiger partial charge is 0.464 e. The molecular weight excluding hydrogens is 322 g/mol. The van der Waals surface area contributed by atoms with E-state index in [1.807, 2.05) is 32.0 Å². The summed E-state index contributed by atoms with van der Waals surface area (Å²) in [5.74, 6) is -0.493. The highest BCUT2D eigenvalue weighted by Gasteiger charge is 2.21. The summed E-state index contributed by atoms with van der Waals surface area (Å²) in [6, 6.07) is 5.14. The predicted octanol–water partition coefficient (Wildman–Crippen LogP) is 1.72. The molecule has 1 unspecified atom stereocenters. The van der Waals surface area contributed by atoms with Crippen LogP contribution in [0.5, 0.6) is 0 Å². The standard InChI is InChI=1S/C17H19N5O3/c1-5-25-17(24)12(4)21-9-18-15-14(16(21)23)19-20-22(15)13-7-10(2)6-11(3)8-13/h6-9,12H,5H2,1-4H3. The van der Waals surface area contributed by atoms with E-state index >= 15 is 0 Å². The Hall–Kier alpha value is -3.03. The smallest absolute Gasteiger partial charge is 0.328 e. The van der Waals surface area contributed by atoms with Gasteiger partial charge in [0.15, 0.2) is 11.2 Å². The lowest BCUT2D eigenvalue weighted by Gasteiger charge is -2.12. The van der Waals surface area contributed by atoms with Gasteiger partial charge in [-0.25, -0.2) is 9.78 Å². The molecule has 8 nitrogen and oxygen atoms in total. The molecule has 0 amide bonds. The van der Waals surface area contributed by atoms with Crippen molar-refractivity contribution in [2.45, 2.75) is 33.7 Å². The van der Waals surface area contributed by atoms with Crippen molar-refractivity contribution in [1.29, 1.82) is 0 Å². The third-order valence-electron chi connectivity index (χ3n) is 3.88. The molecule has 0 fully saturated rings. The molecule has 0 aliphatic heterocycles. The van der Waals surface area contributed by atoms with E-state index in [0.29, 0.717) is 5.65 Å². The van der Waals surface area contributed by atoms with Gasteiger partial charge in [-0.1, -0.05) is 11.3 Å². The molecule has 3 rings (SSSR count). The number of benzene rings is 1. The van der Waals surface area contributed by atoms with Gasteiger partial charge in [-0.2, -0.15) is 4.68 Å². The number of fused-ring (bicyclic) bond motifs is 1. The minimum absolute atomic E-state index is 0.109. The maximum absolute atomic E-state index is 12.7. The van der Waals surface area contributed by atoms with E-state index in [9.17, 15) is 9.59 Å². The minimum Gasteiger partial charge on any atom is -0.464 e. The third-order valence-corrected chi connectivity index (χ3v) is 3.88. The summed E-state index contributed by atoms with van der Waals surface area (Å²) in [7, 11) is 0. The molecule has 0 radical (unpaired) electrons. The van der Waals surface area contributed by atoms with Crippen LogP contribution in [0.4, 0.5) is 0 Å². The summed E-state index contributed by atoms with van der Waals surface area (Å²) in [6.07, 6.45) is 1.33. The van der Waals surface area contributed by atoms with E-state index in [1.165, 1.54) is 15.6 Å². The first kappa shape index (κ1) is 16.8. The van der Waals surface area contributed by atoms with Crippen LogP contribution in [0.15, 0.2) is 29.3 Å². The number of hydrogen-bond acceptors (Lipinski definition) is 6. The quantitative estimate of drug-likeness (QED) is 0.671. The van der Waals surface area contributed by atoms with Crippen LogP contribution < -0.4 is 5.56 Å². The van der Waals surface area contributed by atoms with Gasteiger partial charge in [0.25, 0.3) is 5.56 Å². The number of carbonyl (C=O) groups is 1. The number of hydrogen-bond donors (Lipinski definition) is 0. The molecule has 2 heterocycles. The van der Waals surface area contributed by atoms with Gasteiger partial charge in [0.2, 0.25) is 0 Å². The molecule has 0 saturated heterocycles. The van der Waals surface area contributed by atoms with Gasteiger partial charge in [0.05, 0.1) is 12.3 Å². The Labute approximate surface area is 144 Å². The SMILES string of the molecule is CCOC(=O)C(C)n1cnc2c(nnn2-c2cc(C)cc(C)c2)c1=O. The maximum Gasteiger partial charge on any atom is 0.328 e. The number of nitrogens with zero attached hydrogens (tertiary/aromatic N) is 5. The normalized spacial score (nSPS) is 12.3. The first-order valence-electron chi connectivity index (χ1n) is 8.00. The second-order valence-electron chi connectivity index (χ2n) is 5.90. The molecule has 1 atom stereocenters. The fourth-order valence-electron chi connectivity index (χ4n) is 2.72. The Morgan fingerprint density at radius 3 is 2.56 bits per heavy atom. The zero-order valence-corrected chi connectivity index (χ0v) is 14.6. The number of aryl methyl sites for hydroxylation is 2. The summed E-state index contributed by atoms with van der Waals surface area (Å²) in [5, 5.41) is 8.03. The molecule has 8 heteroatoms. The Morgan fingerprint density at radius 2 is 1.92 bits per heavy atom. The molecule has 0 N–H and O–H groups in total. The van der Waals surface area contributed by atoms with Crippen LogP contribution in [0.1, 0.15) is 31.0 Å². The van der Waals surface area contributed by atoms with Gasteiger partial charge in [0.1, 0.15) is 12.4 Å². The molecule has 130 valence electrons. The molecular formula is C17H19N5O3. The highest BCUT2D eigenvalue weighted by Crippen LogP contribution is 2.16. The van der Waals surface area contributed by atoms with Gasteiger partial charge >= 0.3 is 5.97 Å². The molecule has 2 aromatic heterocycles. The first-order valence-corrected chi connectivity index (χ1v) is 8.00. The van der Waals surface area contributed by atoms with E-state index in [4.69, 9.17) is 4.74 Å². The molecule has 3 aromatic rings. The van der Waals surface area contributed by atoms with Crippen molar-refractivity contribution in [2.24, 2.45) is 0 Å². The Bertz CT molecular complexity index is 985. The van der Waals surface area contributed by atoms with Crippen LogP contribution in [0.2, 0.25) is 0 Å². The topological polar surface area (TPSA) is 91.9 Å². The van der Waals surface area contributed by atoms with Crippen molar-refractivity contribution in [3.8, 4) is 5.69 Å². The number of rotatable bonds is 4. The molecule has 0 saturated carbocycles. The van der Waals surface area contributed by atoms with E-state index in [-0.39, 0.29) is 12.1 Å². The fourth-order valence-corrected chi connectivity index (χ4v) is 2.72. The van der Waals surface area contributed by atoms with Crippen LogP contribution in [0, 0.1) is 13.8 Å². The van der Waals surface area contributed by atoms with Gasteiger partial charge in [-0.3, -0.25) is 9.36 Å². The third kappa shape index (κ3) is 3.02. The second kappa shape index (κ2) is 6.46. The second-order valence-corrected chi connectivity index (χ2v) is 5.90. The Morgan fingerprint density at radius 1 is 1.24 bits per heavy atom. The van der Waals surface area contributed by atoms with Crippen LogP contribution >= 0.6 is 0 Å². The monoisotopic (exact) mass is 341 g/mol. The lowest BCUT2D eigenvalue weighted by molar-refractivity contribution is -0.146. The molecule has 0 bridgehead atoms.